The number of hydrogen-bond acceptors (Lipinski definition) is 5. The maximum atomic E-state index is 12.2. The number of ether oxygens (including phenoxy) is 1. The van der Waals surface area contributed by atoms with Gasteiger partial charge >= 0.3 is 0 Å². The SMILES string of the molecule is NC(=O)COc1cccc(C(=O)NCc2nc3ccccc3s2)c1. The molecule has 0 saturated carbocycles. The molecule has 0 fully saturated rings. The third kappa shape index (κ3) is 3.88. The van der Waals surface area contributed by atoms with Gasteiger partial charge in [0.25, 0.3) is 11.8 Å². The summed E-state index contributed by atoms with van der Waals surface area (Å²) in [7, 11) is 0. The Bertz CT molecular complexity index is 858. The lowest BCUT2D eigenvalue weighted by Crippen LogP contribution is -2.23. The number of fused-ring (bicyclic) bond motifs is 1. The van der Waals surface area contributed by atoms with E-state index in [4.69, 9.17) is 10.5 Å². The highest BCUT2D eigenvalue weighted by Gasteiger charge is 2.09. The third-order valence-corrected chi connectivity index (χ3v) is 4.25. The largest absolute Gasteiger partial charge is 0.484 e. The number of amides is 2. The minimum absolute atomic E-state index is 0.225. The fourth-order valence-corrected chi connectivity index (χ4v) is 3.04. The fraction of sp³-hybridized carbons (Fsp3) is 0.118. The summed E-state index contributed by atoms with van der Waals surface area (Å²) in [6.07, 6.45) is 0. The van der Waals surface area contributed by atoms with E-state index < -0.39 is 5.91 Å². The fourth-order valence-electron chi connectivity index (χ4n) is 2.14. The zero-order valence-electron chi connectivity index (χ0n) is 12.7. The summed E-state index contributed by atoms with van der Waals surface area (Å²) < 4.78 is 6.28. The molecule has 0 atom stereocenters. The van der Waals surface area contributed by atoms with Crippen LogP contribution in [0.5, 0.6) is 5.75 Å². The van der Waals surface area contributed by atoms with E-state index in [9.17, 15) is 9.59 Å². The highest BCUT2D eigenvalue weighted by atomic mass is 32.1. The predicted octanol–water partition coefficient (Wildman–Crippen LogP) is 2.09. The molecule has 1 heterocycles. The van der Waals surface area contributed by atoms with Crippen LogP contribution in [0.1, 0.15) is 15.4 Å². The summed E-state index contributed by atoms with van der Waals surface area (Å²) in [6.45, 7) is 0.126. The first-order valence-electron chi connectivity index (χ1n) is 7.25. The molecule has 3 N–H and O–H groups in total. The van der Waals surface area contributed by atoms with Crippen molar-refractivity contribution in [3.8, 4) is 5.75 Å². The number of thiazole rings is 1. The summed E-state index contributed by atoms with van der Waals surface area (Å²) in [4.78, 5) is 27.5. The molecule has 2 amide bonds. The Morgan fingerprint density at radius 1 is 1.17 bits per heavy atom. The number of nitrogens with two attached hydrogens (primary N) is 1. The van der Waals surface area contributed by atoms with Gasteiger partial charge in [-0.1, -0.05) is 18.2 Å². The maximum Gasteiger partial charge on any atom is 0.255 e. The first-order chi connectivity index (χ1) is 11.6. The van der Waals surface area contributed by atoms with Gasteiger partial charge in [-0.15, -0.1) is 11.3 Å². The molecule has 0 saturated heterocycles. The van der Waals surface area contributed by atoms with E-state index in [2.05, 4.69) is 10.3 Å². The van der Waals surface area contributed by atoms with Crippen LogP contribution in [-0.4, -0.2) is 23.4 Å². The molecule has 3 rings (SSSR count). The predicted molar refractivity (Wildman–Crippen MR) is 91.9 cm³/mol. The van der Waals surface area contributed by atoms with E-state index in [1.807, 2.05) is 24.3 Å². The third-order valence-electron chi connectivity index (χ3n) is 3.22. The van der Waals surface area contributed by atoms with Gasteiger partial charge in [0.1, 0.15) is 10.8 Å². The topological polar surface area (TPSA) is 94.3 Å². The molecule has 0 aliphatic rings. The van der Waals surface area contributed by atoms with Crippen molar-refractivity contribution in [2.75, 3.05) is 6.61 Å². The van der Waals surface area contributed by atoms with E-state index in [1.165, 1.54) is 0 Å². The van der Waals surface area contributed by atoms with Gasteiger partial charge < -0.3 is 15.8 Å². The number of rotatable bonds is 6. The second kappa shape index (κ2) is 7.10. The summed E-state index contributed by atoms with van der Waals surface area (Å²) >= 11 is 1.55. The standard InChI is InChI=1S/C17H15N3O3S/c18-15(21)10-23-12-5-3-4-11(8-12)17(22)19-9-16-20-13-6-1-2-7-14(13)24-16/h1-8H,9-10H2,(H2,18,21)(H,19,22). The number of benzene rings is 2. The van der Waals surface area contributed by atoms with Crippen molar-refractivity contribution in [1.29, 1.82) is 0 Å². The van der Waals surface area contributed by atoms with Crippen molar-refractivity contribution in [2.45, 2.75) is 6.54 Å². The quantitative estimate of drug-likeness (QED) is 0.718. The zero-order chi connectivity index (χ0) is 16.9. The first-order valence-corrected chi connectivity index (χ1v) is 8.07. The van der Waals surface area contributed by atoms with Gasteiger partial charge in [-0.25, -0.2) is 4.98 Å². The number of nitrogens with zero attached hydrogens (tertiary/aromatic N) is 1. The van der Waals surface area contributed by atoms with Crippen LogP contribution >= 0.6 is 11.3 Å². The van der Waals surface area contributed by atoms with Gasteiger partial charge in [0.15, 0.2) is 6.61 Å². The van der Waals surface area contributed by atoms with Crippen LogP contribution in [0.3, 0.4) is 0 Å². The maximum absolute atomic E-state index is 12.2. The van der Waals surface area contributed by atoms with Crippen LogP contribution < -0.4 is 15.8 Å². The lowest BCUT2D eigenvalue weighted by atomic mass is 10.2. The van der Waals surface area contributed by atoms with E-state index in [-0.39, 0.29) is 12.5 Å². The zero-order valence-corrected chi connectivity index (χ0v) is 13.5. The van der Waals surface area contributed by atoms with Gasteiger partial charge in [-0.05, 0) is 30.3 Å². The molecule has 6 nitrogen and oxygen atoms in total. The molecule has 122 valence electrons. The van der Waals surface area contributed by atoms with Crippen LogP contribution in [0.15, 0.2) is 48.5 Å². The van der Waals surface area contributed by atoms with Crippen molar-refractivity contribution in [1.82, 2.24) is 10.3 Å². The second-order valence-electron chi connectivity index (χ2n) is 5.04. The Balaban J connectivity index is 1.64. The molecule has 0 radical (unpaired) electrons. The van der Waals surface area contributed by atoms with Crippen LogP contribution in [0.2, 0.25) is 0 Å². The average Bonchev–Trinajstić information content (AvgIpc) is 3.01. The molecule has 0 spiro atoms. The van der Waals surface area contributed by atoms with Crippen molar-refractivity contribution in [3.05, 3.63) is 59.1 Å². The minimum Gasteiger partial charge on any atom is -0.484 e. The Labute approximate surface area is 142 Å². The van der Waals surface area contributed by atoms with E-state index in [0.29, 0.717) is 17.9 Å². The van der Waals surface area contributed by atoms with Crippen molar-refractivity contribution in [3.63, 3.8) is 0 Å². The highest BCUT2D eigenvalue weighted by molar-refractivity contribution is 7.18. The number of carbonyl (C=O) groups excluding carboxylic acids is 2. The van der Waals surface area contributed by atoms with Crippen LogP contribution in [0.4, 0.5) is 0 Å². The number of para-hydroxylation sites is 1. The Morgan fingerprint density at radius 2 is 2.00 bits per heavy atom. The van der Waals surface area contributed by atoms with Crippen LogP contribution in [0.25, 0.3) is 10.2 Å². The van der Waals surface area contributed by atoms with Crippen molar-refractivity contribution >= 4 is 33.4 Å². The van der Waals surface area contributed by atoms with Crippen LogP contribution in [-0.2, 0) is 11.3 Å². The highest BCUT2D eigenvalue weighted by Crippen LogP contribution is 2.21. The van der Waals surface area contributed by atoms with Gasteiger partial charge in [0, 0.05) is 5.56 Å². The van der Waals surface area contributed by atoms with E-state index >= 15 is 0 Å². The summed E-state index contributed by atoms with van der Waals surface area (Å²) in [5, 5.41) is 3.67. The number of nitrogens with one attached hydrogen (secondary N) is 1. The monoisotopic (exact) mass is 341 g/mol. The Kier molecular flexibility index (Phi) is 4.72. The normalized spacial score (nSPS) is 10.5. The lowest BCUT2D eigenvalue weighted by molar-refractivity contribution is -0.119. The van der Waals surface area contributed by atoms with Gasteiger partial charge in [0.2, 0.25) is 0 Å². The number of primary amides is 1. The molecule has 0 bridgehead atoms. The molecule has 2 aromatic carbocycles. The summed E-state index contributed by atoms with van der Waals surface area (Å²) in [5.74, 6) is -0.388. The summed E-state index contributed by atoms with van der Waals surface area (Å²) in [6, 6.07) is 14.4. The molecule has 0 aliphatic carbocycles. The van der Waals surface area contributed by atoms with Gasteiger partial charge in [-0.2, -0.15) is 0 Å². The Hall–Kier alpha value is -2.93. The minimum atomic E-state index is -0.569. The van der Waals surface area contributed by atoms with Crippen molar-refractivity contribution in [2.24, 2.45) is 5.73 Å². The molecular weight excluding hydrogens is 326 g/mol. The molecule has 0 unspecified atom stereocenters. The number of hydrogen-bond donors (Lipinski definition) is 2. The summed E-state index contributed by atoms with van der Waals surface area (Å²) in [5.41, 5.74) is 6.40. The average molecular weight is 341 g/mol. The Morgan fingerprint density at radius 3 is 2.79 bits per heavy atom. The molecule has 7 heteroatoms. The van der Waals surface area contributed by atoms with E-state index in [1.54, 1.807) is 35.6 Å². The first kappa shape index (κ1) is 15.9. The second-order valence-corrected chi connectivity index (χ2v) is 6.16. The number of carbonyl (C=O) groups is 2. The molecule has 0 aliphatic heterocycles. The number of aromatic nitrogens is 1. The van der Waals surface area contributed by atoms with Gasteiger partial charge in [0.05, 0.1) is 16.8 Å². The van der Waals surface area contributed by atoms with Gasteiger partial charge in [-0.3, -0.25) is 9.59 Å². The van der Waals surface area contributed by atoms with Crippen LogP contribution in [0, 0.1) is 0 Å². The lowest BCUT2D eigenvalue weighted by Gasteiger charge is -2.07. The molecule has 1 aromatic heterocycles. The van der Waals surface area contributed by atoms with E-state index in [0.717, 1.165) is 15.2 Å². The molecule has 24 heavy (non-hydrogen) atoms. The van der Waals surface area contributed by atoms with Crippen molar-refractivity contribution < 1.29 is 14.3 Å². The smallest absolute Gasteiger partial charge is 0.255 e. The molecule has 3 aromatic rings. The molecular formula is C17H15N3O3S.